The molecule has 0 spiro atoms. The summed E-state index contributed by atoms with van der Waals surface area (Å²) in [5, 5.41) is 15.9. The van der Waals surface area contributed by atoms with Crippen LogP contribution in [0.4, 0.5) is 0 Å². The summed E-state index contributed by atoms with van der Waals surface area (Å²) < 4.78 is 0. The van der Waals surface area contributed by atoms with Crippen LogP contribution in [0.2, 0.25) is 0 Å². The molecule has 1 fully saturated rings. The Morgan fingerprint density at radius 2 is 2.06 bits per heavy atom. The molecule has 1 rings (SSSR count). The second-order valence-electron chi connectivity index (χ2n) is 5.61. The quantitative estimate of drug-likeness (QED) is 0.643. The monoisotopic (exact) mass is 256 g/mol. The molecule has 3 N–H and O–H groups in total. The summed E-state index contributed by atoms with van der Waals surface area (Å²) in [6.45, 7) is 8.63. The molecule has 1 atom stereocenters. The molecule has 1 aliphatic heterocycles. The molecule has 1 aliphatic rings. The van der Waals surface area contributed by atoms with Crippen molar-refractivity contribution in [2.75, 3.05) is 26.2 Å². The van der Waals surface area contributed by atoms with Crippen molar-refractivity contribution in [2.45, 2.75) is 46.5 Å². The minimum absolute atomic E-state index is 0.137. The highest BCUT2D eigenvalue weighted by Gasteiger charge is 2.40. The van der Waals surface area contributed by atoms with E-state index >= 15 is 0 Å². The number of hydrogen-bond donors (Lipinski definition) is 3. The second-order valence-corrected chi connectivity index (χ2v) is 5.61. The second kappa shape index (κ2) is 6.53. The van der Waals surface area contributed by atoms with E-state index in [4.69, 9.17) is 0 Å². The van der Waals surface area contributed by atoms with E-state index in [2.05, 4.69) is 31.4 Å². The largest absolute Gasteiger partial charge is 0.396 e. The minimum Gasteiger partial charge on any atom is -0.396 e. The lowest BCUT2D eigenvalue weighted by atomic mass is 9.80. The van der Waals surface area contributed by atoms with Crippen molar-refractivity contribution in [1.82, 2.24) is 10.6 Å². The van der Waals surface area contributed by atoms with Crippen LogP contribution in [0.1, 0.15) is 46.5 Å². The molecule has 0 aromatic carbocycles. The van der Waals surface area contributed by atoms with Crippen molar-refractivity contribution >= 4 is 5.91 Å². The number of amides is 1. The highest BCUT2D eigenvalue weighted by Crippen LogP contribution is 2.30. The van der Waals surface area contributed by atoms with Crippen LogP contribution >= 0.6 is 0 Å². The Morgan fingerprint density at radius 3 is 2.44 bits per heavy atom. The maximum absolute atomic E-state index is 12.4. The average molecular weight is 256 g/mol. The van der Waals surface area contributed by atoms with E-state index in [1.807, 2.05) is 0 Å². The van der Waals surface area contributed by atoms with Gasteiger partial charge in [0.15, 0.2) is 0 Å². The van der Waals surface area contributed by atoms with E-state index in [1.54, 1.807) is 0 Å². The van der Waals surface area contributed by atoms with Crippen LogP contribution < -0.4 is 10.6 Å². The van der Waals surface area contributed by atoms with Crippen LogP contribution in [0.5, 0.6) is 0 Å². The summed E-state index contributed by atoms with van der Waals surface area (Å²) >= 11 is 0. The third-order valence-electron chi connectivity index (χ3n) is 4.86. The van der Waals surface area contributed by atoms with E-state index < -0.39 is 0 Å². The van der Waals surface area contributed by atoms with Gasteiger partial charge in [0.05, 0.1) is 12.0 Å². The van der Waals surface area contributed by atoms with E-state index in [0.717, 1.165) is 38.8 Å². The first-order chi connectivity index (χ1) is 8.58. The van der Waals surface area contributed by atoms with Crippen LogP contribution in [0, 0.1) is 10.8 Å². The lowest BCUT2D eigenvalue weighted by Crippen LogP contribution is -2.47. The topological polar surface area (TPSA) is 61.4 Å². The average Bonchev–Trinajstić information content (AvgIpc) is 2.91. The summed E-state index contributed by atoms with van der Waals surface area (Å²) in [7, 11) is 0. The maximum Gasteiger partial charge on any atom is 0.227 e. The van der Waals surface area contributed by atoms with Crippen molar-refractivity contribution in [3.05, 3.63) is 0 Å². The molecule has 0 aliphatic carbocycles. The molecular formula is C14H28N2O2. The number of carbonyl (C=O) groups is 1. The lowest BCUT2D eigenvalue weighted by Gasteiger charge is -2.32. The fraction of sp³-hybridized carbons (Fsp3) is 0.929. The summed E-state index contributed by atoms with van der Waals surface area (Å²) in [4.78, 5) is 12.4. The number of nitrogens with one attached hydrogen (secondary N) is 2. The van der Waals surface area contributed by atoms with Gasteiger partial charge in [-0.05, 0) is 32.2 Å². The summed E-state index contributed by atoms with van der Waals surface area (Å²) in [6, 6.07) is 0. The number of aliphatic hydroxyl groups excluding tert-OH is 1. The molecule has 0 aromatic heterocycles. The predicted octanol–water partition coefficient (Wildman–Crippen LogP) is 1.29. The van der Waals surface area contributed by atoms with Crippen molar-refractivity contribution in [1.29, 1.82) is 0 Å². The summed E-state index contributed by atoms with van der Waals surface area (Å²) in [5.74, 6) is 0.148. The number of aliphatic hydroxyl groups is 1. The molecule has 4 nitrogen and oxygen atoms in total. The fourth-order valence-corrected chi connectivity index (χ4v) is 2.63. The SMILES string of the molecule is CCC(CC)(CO)CNC(=O)C1(CC)CCNC1. The van der Waals surface area contributed by atoms with Gasteiger partial charge in [0, 0.05) is 18.5 Å². The van der Waals surface area contributed by atoms with Crippen molar-refractivity contribution in [2.24, 2.45) is 10.8 Å². The van der Waals surface area contributed by atoms with Gasteiger partial charge in [-0.3, -0.25) is 4.79 Å². The molecule has 0 saturated carbocycles. The van der Waals surface area contributed by atoms with E-state index in [-0.39, 0.29) is 23.3 Å². The van der Waals surface area contributed by atoms with Crippen LogP contribution in [0.25, 0.3) is 0 Å². The normalized spacial score (nSPS) is 24.2. The van der Waals surface area contributed by atoms with Gasteiger partial charge in [-0.25, -0.2) is 0 Å². The Hall–Kier alpha value is -0.610. The van der Waals surface area contributed by atoms with Crippen LogP contribution in [-0.2, 0) is 4.79 Å². The van der Waals surface area contributed by atoms with Gasteiger partial charge in [-0.2, -0.15) is 0 Å². The van der Waals surface area contributed by atoms with E-state index in [0.29, 0.717) is 6.54 Å². The number of carbonyl (C=O) groups excluding carboxylic acids is 1. The third kappa shape index (κ3) is 3.04. The molecule has 106 valence electrons. The van der Waals surface area contributed by atoms with Crippen molar-refractivity contribution in [3.63, 3.8) is 0 Å². The molecule has 0 bridgehead atoms. The first-order valence-electron chi connectivity index (χ1n) is 7.18. The van der Waals surface area contributed by atoms with Crippen LogP contribution in [0.3, 0.4) is 0 Å². The molecule has 1 unspecified atom stereocenters. The van der Waals surface area contributed by atoms with Crippen molar-refractivity contribution in [3.8, 4) is 0 Å². The van der Waals surface area contributed by atoms with Gasteiger partial charge >= 0.3 is 0 Å². The Kier molecular flexibility index (Phi) is 5.60. The molecule has 0 radical (unpaired) electrons. The highest BCUT2D eigenvalue weighted by molar-refractivity contribution is 5.83. The summed E-state index contributed by atoms with van der Waals surface area (Å²) in [5.41, 5.74) is -0.390. The zero-order valence-corrected chi connectivity index (χ0v) is 12.0. The van der Waals surface area contributed by atoms with Crippen LogP contribution in [-0.4, -0.2) is 37.3 Å². The maximum atomic E-state index is 12.4. The van der Waals surface area contributed by atoms with Crippen molar-refractivity contribution < 1.29 is 9.90 Å². The molecular weight excluding hydrogens is 228 g/mol. The standard InChI is InChI=1S/C14H28N2O2/c1-4-13(5-2,11-17)9-16-12(18)14(6-3)7-8-15-10-14/h15,17H,4-11H2,1-3H3,(H,16,18). The summed E-state index contributed by atoms with van der Waals surface area (Å²) in [6.07, 6.45) is 3.56. The fourth-order valence-electron chi connectivity index (χ4n) is 2.63. The lowest BCUT2D eigenvalue weighted by molar-refractivity contribution is -0.131. The minimum atomic E-state index is -0.233. The Morgan fingerprint density at radius 1 is 1.39 bits per heavy atom. The van der Waals surface area contributed by atoms with Gasteiger partial charge in [0.2, 0.25) is 5.91 Å². The molecule has 1 amide bonds. The Bertz CT molecular complexity index is 261. The first-order valence-corrected chi connectivity index (χ1v) is 7.18. The number of hydrogen-bond acceptors (Lipinski definition) is 3. The Labute approximate surface area is 111 Å². The molecule has 4 heteroatoms. The zero-order valence-electron chi connectivity index (χ0n) is 12.0. The smallest absolute Gasteiger partial charge is 0.227 e. The molecule has 1 heterocycles. The molecule has 18 heavy (non-hydrogen) atoms. The third-order valence-corrected chi connectivity index (χ3v) is 4.86. The van der Waals surface area contributed by atoms with E-state index in [9.17, 15) is 9.90 Å². The predicted molar refractivity (Wildman–Crippen MR) is 73.3 cm³/mol. The van der Waals surface area contributed by atoms with Crippen LogP contribution in [0.15, 0.2) is 0 Å². The highest BCUT2D eigenvalue weighted by atomic mass is 16.3. The van der Waals surface area contributed by atoms with Gasteiger partial charge in [-0.1, -0.05) is 20.8 Å². The van der Waals surface area contributed by atoms with Gasteiger partial charge < -0.3 is 15.7 Å². The zero-order chi connectivity index (χ0) is 13.6. The van der Waals surface area contributed by atoms with Gasteiger partial charge in [0.25, 0.3) is 0 Å². The first kappa shape index (κ1) is 15.4. The Balaban J connectivity index is 2.59. The molecule has 1 saturated heterocycles. The van der Waals surface area contributed by atoms with Gasteiger partial charge in [-0.15, -0.1) is 0 Å². The number of rotatable bonds is 7. The van der Waals surface area contributed by atoms with E-state index in [1.165, 1.54) is 0 Å². The van der Waals surface area contributed by atoms with Gasteiger partial charge in [0.1, 0.15) is 0 Å². The molecule has 0 aromatic rings.